The summed E-state index contributed by atoms with van der Waals surface area (Å²) in [5, 5.41) is 0. The predicted molar refractivity (Wildman–Crippen MR) is 45.0 cm³/mol. The van der Waals surface area contributed by atoms with Gasteiger partial charge in [-0.1, -0.05) is 20.8 Å². The minimum absolute atomic E-state index is 0.0254. The zero-order chi connectivity index (χ0) is 8.85. The van der Waals surface area contributed by atoms with Crippen LogP contribution in [0.4, 0.5) is 0 Å². The van der Waals surface area contributed by atoms with Crippen molar-refractivity contribution < 1.29 is 9.53 Å². The Hall–Kier alpha value is -0.530. The molecule has 0 rings (SSSR count). The summed E-state index contributed by atoms with van der Waals surface area (Å²) < 4.78 is 5.06. The van der Waals surface area contributed by atoms with E-state index in [2.05, 4.69) is 0 Å². The molecular formula is C9H17O2. The van der Waals surface area contributed by atoms with Crippen molar-refractivity contribution in [2.45, 2.75) is 40.2 Å². The summed E-state index contributed by atoms with van der Waals surface area (Å²) in [7, 11) is 0. The molecule has 0 aliphatic carbocycles. The smallest absolute Gasteiger partial charge is 0.308 e. The number of hydrogen-bond donors (Lipinski definition) is 0. The van der Waals surface area contributed by atoms with Crippen LogP contribution < -0.4 is 0 Å². The van der Waals surface area contributed by atoms with Crippen molar-refractivity contribution >= 4 is 5.97 Å². The molecule has 2 heteroatoms. The van der Waals surface area contributed by atoms with Gasteiger partial charge in [0.05, 0.1) is 5.92 Å². The largest absolute Gasteiger partial charge is 0.462 e. The monoisotopic (exact) mass is 157 g/mol. The number of hydrogen-bond acceptors (Lipinski definition) is 2. The number of carbonyl (C=O) groups excluding carboxylic acids is 1. The van der Waals surface area contributed by atoms with Gasteiger partial charge in [-0.25, -0.2) is 0 Å². The number of carbonyl (C=O) groups is 1. The summed E-state index contributed by atoms with van der Waals surface area (Å²) in [6.07, 6.45) is 2.65. The molecule has 0 bridgehead atoms. The topological polar surface area (TPSA) is 26.3 Å². The molecule has 0 saturated heterocycles. The third-order valence-corrected chi connectivity index (χ3v) is 1.79. The average Bonchev–Trinajstić information content (AvgIpc) is 2.02. The average molecular weight is 157 g/mol. The third-order valence-electron chi connectivity index (χ3n) is 1.79. The summed E-state index contributed by atoms with van der Waals surface area (Å²) in [6.45, 7) is 7.60. The zero-order valence-corrected chi connectivity index (χ0v) is 7.76. The molecule has 0 N–H and O–H groups in total. The summed E-state index contributed by atoms with van der Waals surface area (Å²) in [4.78, 5) is 11.1. The molecule has 0 amide bonds. The Morgan fingerprint density at radius 2 is 2.09 bits per heavy atom. The van der Waals surface area contributed by atoms with Crippen molar-refractivity contribution in [2.24, 2.45) is 5.92 Å². The standard InChI is InChI=1S/C9H17O2/c1-5-7(3)9(10)11-8(4)6-2/h6-8H,5H2,1-4H3. The quantitative estimate of drug-likeness (QED) is 0.585. The van der Waals surface area contributed by atoms with Crippen molar-refractivity contribution in [1.29, 1.82) is 0 Å². The van der Waals surface area contributed by atoms with E-state index in [4.69, 9.17) is 4.74 Å². The molecule has 0 aliphatic heterocycles. The molecule has 0 heterocycles. The fraction of sp³-hybridized carbons (Fsp3) is 0.778. The highest BCUT2D eigenvalue weighted by molar-refractivity contribution is 5.72. The second-order valence-electron chi connectivity index (χ2n) is 2.78. The lowest BCUT2D eigenvalue weighted by Gasteiger charge is -2.13. The maximum absolute atomic E-state index is 11.1. The second-order valence-corrected chi connectivity index (χ2v) is 2.78. The van der Waals surface area contributed by atoms with Gasteiger partial charge in [-0.2, -0.15) is 0 Å². The summed E-state index contributed by atoms with van der Waals surface area (Å²) in [5.74, 6) is -0.0736. The van der Waals surface area contributed by atoms with Gasteiger partial charge in [0.1, 0.15) is 6.10 Å². The first-order valence-corrected chi connectivity index (χ1v) is 4.11. The van der Waals surface area contributed by atoms with E-state index in [9.17, 15) is 4.79 Å². The van der Waals surface area contributed by atoms with Crippen molar-refractivity contribution in [1.82, 2.24) is 0 Å². The Balaban J connectivity index is 3.68. The molecular weight excluding hydrogens is 140 g/mol. The van der Waals surface area contributed by atoms with E-state index >= 15 is 0 Å². The van der Waals surface area contributed by atoms with Crippen LogP contribution in [0, 0.1) is 12.3 Å². The summed E-state index contributed by atoms with van der Waals surface area (Å²) >= 11 is 0. The second kappa shape index (κ2) is 5.16. The Kier molecular flexibility index (Phi) is 4.92. The van der Waals surface area contributed by atoms with Gasteiger partial charge in [-0.05, 0) is 19.8 Å². The van der Waals surface area contributed by atoms with Gasteiger partial charge in [0, 0.05) is 0 Å². The Morgan fingerprint density at radius 3 is 2.45 bits per heavy atom. The molecule has 0 aromatic heterocycles. The SMILES string of the molecule is C[CH]C(C)OC(=O)C(C)CC. The van der Waals surface area contributed by atoms with Gasteiger partial charge in [-0.15, -0.1) is 0 Å². The molecule has 2 nitrogen and oxygen atoms in total. The molecule has 65 valence electrons. The zero-order valence-electron chi connectivity index (χ0n) is 7.76. The van der Waals surface area contributed by atoms with Crippen LogP contribution in [0.25, 0.3) is 0 Å². The van der Waals surface area contributed by atoms with Crippen LogP contribution in [0.1, 0.15) is 34.1 Å². The lowest BCUT2D eigenvalue weighted by Crippen LogP contribution is -2.19. The fourth-order valence-electron chi connectivity index (χ4n) is 0.534. The van der Waals surface area contributed by atoms with E-state index in [1.165, 1.54) is 0 Å². The van der Waals surface area contributed by atoms with E-state index in [1.807, 2.05) is 34.1 Å². The highest BCUT2D eigenvalue weighted by Gasteiger charge is 2.13. The highest BCUT2D eigenvalue weighted by atomic mass is 16.5. The van der Waals surface area contributed by atoms with Crippen LogP contribution >= 0.6 is 0 Å². The van der Waals surface area contributed by atoms with Crippen molar-refractivity contribution in [3.05, 3.63) is 6.42 Å². The van der Waals surface area contributed by atoms with Gasteiger partial charge >= 0.3 is 5.97 Å². The Labute approximate surface area is 68.9 Å². The maximum Gasteiger partial charge on any atom is 0.308 e. The molecule has 11 heavy (non-hydrogen) atoms. The van der Waals surface area contributed by atoms with Crippen molar-refractivity contribution in [3.63, 3.8) is 0 Å². The number of esters is 1. The van der Waals surface area contributed by atoms with Gasteiger partial charge in [0.25, 0.3) is 0 Å². The number of ether oxygens (including phenoxy) is 1. The van der Waals surface area contributed by atoms with Crippen molar-refractivity contribution in [2.75, 3.05) is 0 Å². The fourth-order valence-corrected chi connectivity index (χ4v) is 0.534. The first-order chi connectivity index (χ1) is 5.11. The lowest BCUT2D eigenvalue weighted by molar-refractivity contribution is -0.151. The molecule has 0 aromatic carbocycles. The first kappa shape index (κ1) is 10.5. The van der Waals surface area contributed by atoms with Crippen LogP contribution in [0.5, 0.6) is 0 Å². The maximum atomic E-state index is 11.1. The Morgan fingerprint density at radius 1 is 1.55 bits per heavy atom. The predicted octanol–water partition coefficient (Wildman–Crippen LogP) is 2.19. The Bertz CT molecular complexity index is 121. The van der Waals surface area contributed by atoms with Gasteiger partial charge < -0.3 is 4.74 Å². The van der Waals surface area contributed by atoms with Gasteiger partial charge in [0.2, 0.25) is 0 Å². The molecule has 0 aliphatic rings. The van der Waals surface area contributed by atoms with E-state index in [0.717, 1.165) is 6.42 Å². The molecule has 0 fully saturated rings. The van der Waals surface area contributed by atoms with Gasteiger partial charge in [-0.3, -0.25) is 4.79 Å². The molecule has 2 atom stereocenters. The molecule has 0 aromatic rings. The minimum Gasteiger partial charge on any atom is -0.462 e. The minimum atomic E-state index is -0.0990. The lowest BCUT2D eigenvalue weighted by atomic mass is 10.1. The van der Waals surface area contributed by atoms with E-state index < -0.39 is 0 Å². The summed E-state index contributed by atoms with van der Waals surface area (Å²) in [6, 6.07) is 0. The van der Waals surface area contributed by atoms with Crippen LogP contribution in [-0.2, 0) is 9.53 Å². The normalized spacial score (nSPS) is 15.6. The number of rotatable bonds is 4. The molecule has 1 radical (unpaired) electrons. The van der Waals surface area contributed by atoms with Crippen LogP contribution in [0.3, 0.4) is 0 Å². The van der Waals surface area contributed by atoms with Crippen LogP contribution in [-0.4, -0.2) is 12.1 Å². The van der Waals surface area contributed by atoms with E-state index in [-0.39, 0.29) is 18.0 Å². The van der Waals surface area contributed by atoms with Crippen molar-refractivity contribution in [3.8, 4) is 0 Å². The van der Waals surface area contributed by atoms with Crippen LogP contribution in [0.15, 0.2) is 0 Å². The van der Waals surface area contributed by atoms with E-state index in [0.29, 0.717) is 0 Å². The van der Waals surface area contributed by atoms with Crippen LogP contribution in [0.2, 0.25) is 0 Å². The highest BCUT2D eigenvalue weighted by Crippen LogP contribution is 2.06. The molecule has 0 spiro atoms. The third kappa shape index (κ3) is 4.02. The molecule has 2 unspecified atom stereocenters. The molecule has 0 saturated carbocycles. The summed E-state index contributed by atoms with van der Waals surface area (Å²) in [5.41, 5.74) is 0. The van der Waals surface area contributed by atoms with Gasteiger partial charge in [0.15, 0.2) is 0 Å². The van der Waals surface area contributed by atoms with E-state index in [1.54, 1.807) is 0 Å². The first-order valence-electron chi connectivity index (χ1n) is 4.11.